The zero-order valence-corrected chi connectivity index (χ0v) is 10.7. The van der Waals surface area contributed by atoms with Crippen molar-refractivity contribution in [1.82, 2.24) is 0 Å². The Kier molecular flexibility index (Phi) is 3.42. The van der Waals surface area contributed by atoms with E-state index in [0.29, 0.717) is 0 Å². The van der Waals surface area contributed by atoms with E-state index in [-0.39, 0.29) is 6.04 Å². The van der Waals surface area contributed by atoms with Gasteiger partial charge in [0, 0.05) is 4.47 Å². The molecule has 82 valence electrons. The molecule has 2 heteroatoms. The number of benzene rings is 2. The molecule has 0 fully saturated rings. The third-order valence-electron chi connectivity index (χ3n) is 2.80. The fourth-order valence-electron chi connectivity index (χ4n) is 1.80. The normalized spacial score (nSPS) is 12.4. The Labute approximate surface area is 104 Å². The summed E-state index contributed by atoms with van der Waals surface area (Å²) in [5.41, 5.74) is 9.78. The van der Waals surface area contributed by atoms with Gasteiger partial charge in [0.1, 0.15) is 0 Å². The van der Waals surface area contributed by atoms with E-state index >= 15 is 0 Å². The molecule has 2 N–H and O–H groups in total. The lowest BCUT2D eigenvalue weighted by atomic mass is 9.96. The molecule has 2 rings (SSSR count). The van der Waals surface area contributed by atoms with Crippen molar-refractivity contribution in [3.05, 3.63) is 69.7 Å². The van der Waals surface area contributed by atoms with E-state index < -0.39 is 0 Å². The van der Waals surface area contributed by atoms with Gasteiger partial charge in [0.25, 0.3) is 0 Å². The van der Waals surface area contributed by atoms with Crippen molar-refractivity contribution in [2.45, 2.75) is 13.0 Å². The predicted molar refractivity (Wildman–Crippen MR) is 71.4 cm³/mol. The average Bonchev–Trinajstić information content (AvgIpc) is 2.33. The van der Waals surface area contributed by atoms with E-state index in [1.165, 1.54) is 11.1 Å². The third kappa shape index (κ3) is 2.18. The van der Waals surface area contributed by atoms with Crippen LogP contribution in [0.1, 0.15) is 22.7 Å². The monoisotopic (exact) mass is 275 g/mol. The SMILES string of the molecule is Cc1c(Br)cccc1C(N)c1ccccc1. The standard InChI is InChI=1S/C14H14BrN/c1-10-12(8-5-9-13(10)15)14(16)11-6-3-2-4-7-11/h2-9,14H,16H2,1H3. The highest BCUT2D eigenvalue weighted by molar-refractivity contribution is 9.10. The first-order valence-corrected chi connectivity index (χ1v) is 6.05. The van der Waals surface area contributed by atoms with Gasteiger partial charge in [-0.25, -0.2) is 0 Å². The maximum atomic E-state index is 6.27. The average molecular weight is 276 g/mol. The quantitative estimate of drug-likeness (QED) is 0.887. The molecule has 0 spiro atoms. The van der Waals surface area contributed by atoms with Crippen LogP contribution >= 0.6 is 15.9 Å². The highest BCUT2D eigenvalue weighted by atomic mass is 79.9. The summed E-state index contributed by atoms with van der Waals surface area (Å²) in [5, 5.41) is 0. The van der Waals surface area contributed by atoms with Gasteiger partial charge in [-0.15, -0.1) is 0 Å². The molecule has 0 aromatic heterocycles. The number of hydrogen-bond donors (Lipinski definition) is 1. The van der Waals surface area contributed by atoms with Crippen LogP contribution in [0.2, 0.25) is 0 Å². The van der Waals surface area contributed by atoms with Crippen molar-refractivity contribution < 1.29 is 0 Å². The fourth-order valence-corrected chi connectivity index (χ4v) is 2.18. The van der Waals surface area contributed by atoms with Gasteiger partial charge in [0.05, 0.1) is 6.04 Å². The Balaban J connectivity index is 2.42. The molecule has 1 nitrogen and oxygen atoms in total. The number of nitrogens with two attached hydrogens (primary N) is 1. The second-order valence-corrected chi connectivity index (χ2v) is 4.70. The van der Waals surface area contributed by atoms with Crippen molar-refractivity contribution in [1.29, 1.82) is 0 Å². The molecule has 2 aromatic rings. The number of rotatable bonds is 2. The molecule has 0 aliphatic carbocycles. The van der Waals surface area contributed by atoms with E-state index in [0.717, 1.165) is 10.0 Å². The molecule has 0 aliphatic heterocycles. The molecule has 0 radical (unpaired) electrons. The van der Waals surface area contributed by atoms with Gasteiger partial charge in [0.15, 0.2) is 0 Å². The van der Waals surface area contributed by atoms with Crippen molar-refractivity contribution >= 4 is 15.9 Å². The Bertz CT molecular complexity index is 479. The van der Waals surface area contributed by atoms with Crippen LogP contribution in [0.25, 0.3) is 0 Å². The van der Waals surface area contributed by atoms with Gasteiger partial charge in [-0.2, -0.15) is 0 Å². The maximum absolute atomic E-state index is 6.27. The lowest BCUT2D eigenvalue weighted by Crippen LogP contribution is -2.13. The highest BCUT2D eigenvalue weighted by Gasteiger charge is 2.11. The number of hydrogen-bond acceptors (Lipinski definition) is 1. The van der Waals surface area contributed by atoms with Crippen LogP contribution in [0.15, 0.2) is 53.0 Å². The second-order valence-electron chi connectivity index (χ2n) is 3.84. The Morgan fingerprint density at radius 2 is 1.69 bits per heavy atom. The van der Waals surface area contributed by atoms with Crippen LogP contribution in [0.4, 0.5) is 0 Å². The molecule has 0 aliphatic rings. The minimum absolute atomic E-state index is 0.0568. The molecule has 0 amide bonds. The summed E-state index contributed by atoms with van der Waals surface area (Å²) in [6.45, 7) is 2.09. The topological polar surface area (TPSA) is 26.0 Å². The van der Waals surface area contributed by atoms with E-state index in [4.69, 9.17) is 5.73 Å². The van der Waals surface area contributed by atoms with Crippen molar-refractivity contribution in [3.63, 3.8) is 0 Å². The van der Waals surface area contributed by atoms with E-state index in [1.807, 2.05) is 30.3 Å². The third-order valence-corrected chi connectivity index (χ3v) is 3.66. The molecule has 0 saturated carbocycles. The van der Waals surface area contributed by atoms with Crippen LogP contribution in [0.5, 0.6) is 0 Å². The molecule has 1 atom stereocenters. The van der Waals surface area contributed by atoms with E-state index in [9.17, 15) is 0 Å². The number of halogens is 1. The van der Waals surface area contributed by atoms with Gasteiger partial charge in [-0.05, 0) is 29.7 Å². The molecule has 16 heavy (non-hydrogen) atoms. The summed E-state index contributed by atoms with van der Waals surface area (Å²) in [5.74, 6) is 0. The first-order chi connectivity index (χ1) is 7.70. The second kappa shape index (κ2) is 4.81. The summed E-state index contributed by atoms with van der Waals surface area (Å²) >= 11 is 3.53. The van der Waals surface area contributed by atoms with Crippen LogP contribution in [0.3, 0.4) is 0 Å². The Hall–Kier alpha value is -1.12. The Morgan fingerprint density at radius 1 is 1.00 bits per heavy atom. The van der Waals surface area contributed by atoms with Crippen molar-refractivity contribution in [2.24, 2.45) is 5.73 Å². The summed E-state index contributed by atoms with van der Waals surface area (Å²) in [7, 11) is 0. The lowest BCUT2D eigenvalue weighted by Gasteiger charge is -2.16. The minimum atomic E-state index is -0.0568. The summed E-state index contributed by atoms with van der Waals surface area (Å²) < 4.78 is 1.11. The molecule has 0 saturated heterocycles. The van der Waals surface area contributed by atoms with Gasteiger partial charge in [-0.3, -0.25) is 0 Å². The molecular formula is C14H14BrN. The van der Waals surface area contributed by atoms with Gasteiger partial charge >= 0.3 is 0 Å². The van der Waals surface area contributed by atoms with Crippen molar-refractivity contribution in [2.75, 3.05) is 0 Å². The van der Waals surface area contributed by atoms with Crippen LogP contribution < -0.4 is 5.73 Å². The molecule has 0 bridgehead atoms. The van der Waals surface area contributed by atoms with Gasteiger partial charge in [-0.1, -0.05) is 58.4 Å². The molecule has 2 aromatic carbocycles. The smallest absolute Gasteiger partial charge is 0.0554 e. The Morgan fingerprint density at radius 3 is 2.38 bits per heavy atom. The van der Waals surface area contributed by atoms with Crippen LogP contribution in [-0.2, 0) is 0 Å². The highest BCUT2D eigenvalue weighted by Crippen LogP contribution is 2.27. The summed E-state index contributed by atoms with van der Waals surface area (Å²) in [6, 6.07) is 16.2. The summed E-state index contributed by atoms with van der Waals surface area (Å²) in [4.78, 5) is 0. The minimum Gasteiger partial charge on any atom is -0.320 e. The van der Waals surface area contributed by atoms with Crippen LogP contribution in [0, 0.1) is 6.92 Å². The van der Waals surface area contributed by atoms with Crippen LogP contribution in [-0.4, -0.2) is 0 Å². The maximum Gasteiger partial charge on any atom is 0.0554 e. The first-order valence-electron chi connectivity index (χ1n) is 5.25. The van der Waals surface area contributed by atoms with E-state index in [2.05, 4.69) is 41.1 Å². The lowest BCUT2D eigenvalue weighted by molar-refractivity contribution is 0.860. The first kappa shape index (κ1) is 11.4. The fraction of sp³-hybridized carbons (Fsp3) is 0.143. The largest absolute Gasteiger partial charge is 0.320 e. The van der Waals surface area contributed by atoms with Gasteiger partial charge < -0.3 is 5.73 Å². The zero-order valence-electron chi connectivity index (χ0n) is 9.15. The molecule has 1 unspecified atom stereocenters. The molecular weight excluding hydrogens is 262 g/mol. The summed E-state index contributed by atoms with van der Waals surface area (Å²) in [6.07, 6.45) is 0. The predicted octanol–water partition coefficient (Wildman–Crippen LogP) is 3.81. The molecule has 0 heterocycles. The van der Waals surface area contributed by atoms with E-state index in [1.54, 1.807) is 0 Å². The zero-order chi connectivity index (χ0) is 11.5. The van der Waals surface area contributed by atoms with Gasteiger partial charge in [0.2, 0.25) is 0 Å². The van der Waals surface area contributed by atoms with Crippen molar-refractivity contribution in [3.8, 4) is 0 Å².